The minimum absolute atomic E-state index is 0.0340. The first-order valence-electron chi connectivity index (χ1n) is 12.3. The van der Waals surface area contributed by atoms with Crippen LogP contribution in [0.1, 0.15) is 65.4 Å². The van der Waals surface area contributed by atoms with Gasteiger partial charge in [0.15, 0.2) is 8.46 Å². The molecule has 10 heteroatoms. The molecule has 0 saturated carbocycles. The van der Waals surface area contributed by atoms with E-state index in [1.807, 2.05) is 44.2 Å². The molecule has 0 aliphatic carbocycles. The van der Waals surface area contributed by atoms with E-state index in [2.05, 4.69) is 0 Å². The third kappa shape index (κ3) is 6.90. The van der Waals surface area contributed by atoms with E-state index in [4.69, 9.17) is 10.5 Å². The molecule has 2 atom stereocenters. The van der Waals surface area contributed by atoms with Crippen LogP contribution in [-0.2, 0) is 30.1 Å². The van der Waals surface area contributed by atoms with Crippen LogP contribution in [0.2, 0.25) is 0 Å². The van der Waals surface area contributed by atoms with Crippen molar-refractivity contribution >= 4 is 26.3 Å². The van der Waals surface area contributed by atoms with Gasteiger partial charge in [0.2, 0.25) is 11.2 Å². The Hall–Kier alpha value is -2.35. The van der Waals surface area contributed by atoms with E-state index < -0.39 is 42.6 Å². The SMILES string of the molecule is CC(C)COC(=O)C(CCCCN)(C(C)(C)O)[C@@](P=O)(C(=O)O)N(C)C(=O)CCCc1ccccc1. The molecular formula is C26H41N2O7P. The molecule has 0 heterocycles. The van der Waals surface area contributed by atoms with E-state index in [0.717, 1.165) is 10.5 Å². The van der Waals surface area contributed by atoms with Crippen molar-refractivity contribution < 1.29 is 33.9 Å². The lowest BCUT2D eigenvalue weighted by Crippen LogP contribution is -2.71. The minimum atomic E-state index is -2.61. The van der Waals surface area contributed by atoms with Crippen LogP contribution < -0.4 is 5.73 Å². The average molecular weight is 525 g/mol. The number of amides is 1. The summed E-state index contributed by atoms with van der Waals surface area (Å²) in [4.78, 5) is 40.7. The molecule has 0 bridgehead atoms. The normalized spacial score (nSPS) is 15.2. The number of benzene rings is 1. The number of nitrogens with zero attached hydrogens (tertiary/aromatic N) is 1. The lowest BCUT2D eigenvalue weighted by molar-refractivity contribution is -0.198. The number of hydrogen-bond acceptors (Lipinski definition) is 7. The van der Waals surface area contributed by atoms with Gasteiger partial charge in [0.1, 0.15) is 5.41 Å². The quantitative estimate of drug-likeness (QED) is 0.169. The maximum atomic E-state index is 13.7. The van der Waals surface area contributed by atoms with Gasteiger partial charge < -0.3 is 25.6 Å². The number of likely N-dealkylation sites (N-methyl/N-ethyl adjacent to an activating group) is 1. The van der Waals surface area contributed by atoms with Crippen molar-refractivity contribution in [3.8, 4) is 0 Å². The Bertz CT molecular complexity index is 888. The van der Waals surface area contributed by atoms with Gasteiger partial charge in [0.25, 0.3) is 0 Å². The van der Waals surface area contributed by atoms with Crippen LogP contribution in [0, 0.1) is 11.3 Å². The average Bonchev–Trinajstić information content (AvgIpc) is 2.81. The monoisotopic (exact) mass is 524 g/mol. The van der Waals surface area contributed by atoms with E-state index in [-0.39, 0.29) is 38.3 Å². The van der Waals surface area contributed by atoms with Gasteiger partial charge in [-0.3, -0.25) is 14.2 Å². The molecule has 1 aromatic rings. The van der Waals surface area contributed by atoms with Crippen molar-refractivity contribution in [1.82, 2.24) is 4.90 Å². The number of hydrogen-bond donors (Lipinski definition) is 3. The molecule has 1 rings (SSSR count). The molecule has 0 radical (unpaired) electrons. The Labute approximate surface area is 215 Å². The van der Waals surface area contributed by atoms with Gasteiger partial charge in [0, 0.05) is 13.5 Å². The second kappa shape index (κ2) is 13.8. The molecule has 36 heavy (non-hydrogen) atoms. The Balaban J connectivity index is 3.54. The molecule has 0 spiro atoms. The summed E-state index contributed by atoms with van der Waals surface area (Å²) in [7, 11) is 0.187. The van der Waals surface area contributed by atoms with Gasteiger partial charge in [-0.05, 0) is 57.6 Å². The molecule has 202 valence electrons. The molecule has 0 fully saturated rings. The smallest absolute Gasteiger partial charge is 0.343 e. The van der Waals surface area contributed by atoms with E-state index in [0.29, 0.717) is 19.3 Å². The summed E-state index contributed by atoms with van der Waals surface area (Å²) in [5, 5.41) is 19.2. The number of ether oxygens (including phenoxy) is 1. The fraction of sp³-hybridized carbons (Fsp3) is 0.654. The number of aryl methyl sites for hydroxylation is 1. The molecular weight excluding hydrogens is 483 g/mol. The third-order valence-electron chi connectivity index (χ3n) is 6.53. The van der Waals surface area contributed by atoms with Gasteiger partial charge >= 0.3 is 11.9 Å². The summed E-state index contributed by atoms with van der Waals surface area (Å²) in [6.45, 7) is 6.42. The van der Waals surface area contributed by atoms with Crippen molar-refractivity contribution in [2.75, 3.05) is 20.2 Å². The summed E-state index contributed by atoms with van der Waals surface area (Å²) < 4.78 is 18.3. The highest BCUT2D eigenvalue weighted by atomic mass is 31.1. The molecule has 1 amide bonds. The number of aliphatic carboxylic acids is 1. The fourth-order valence-corrected chi connectivity index (χ4v) is 5.47. The number of carboxylic acids is 1. The van der Waals surface area contributed by atoms with Gasteiger partial charge in [-0.25, -0.2) is 4.79 Å². The Morgan fingerprint density at radius 1 is 1.11 bits per heavy atom. The Morgan fingerprint density at radius 2 is 1.72 bits per heavy atom. The first kappa shape index (κ1) is 31.7. The zero-order valence-corrected chi connectivity index (χ0v) is 22.9. The van der Waals surface area contributed by atoms with Crippen LogP contribution in [0.15, 0.2) is 30.3 Å². The van der Waals surface area contributed by atoms with Crippen LogP contribution in [-0.4, -0.2) is 64.0 Å². The number of unbranched alkanes of at least 4 members (excludes halogenated alkanes) is 1. The number of esters is 1. The predicted octanol–water partition coefficient (Wildman–Crippen LogP) is 3.63. The zero-order chi connectivity index (χ0) is 27.6. The van der Waals surface area contributed by atoms with Crippen molar-refractivity contribution in [1.29, 1.82) is 0 Å². The molecule has 1 aromatic carbocycles. The highest BCUT2D eigenvalue weighted by Crippen LogP contribution is 2.55. The van der Waals surface area contributed by atoms with E-state index in [1.54, 1.807) is 0 Å². The number of carboxylic acid groups (broad SMARTS) is 1. The van der Waals surface area contributed by atoms with Crippen LogP contribution in [0.3, 0.4) is 0 Å². The van der Waals surface area contributed by atoms with E-state index >= 15 is 0 Å². The molecule has 4 N–H and O–H groups in total. The predicted molar refractivity (Wildman–Crippen MR) is 138 cm³/mol. The van der Waals surface area contributed by atoms with Crippen molar-refractivity contribution in [2.24, 2.45) is 17.1 Å². The molecule has 0 aliphatic heterocycles. The summed E-state index contributed by atoms with van der Waals surface area (Å²) in [6.07, 6.45) is 1.43. The first-order valence-corrected chi connectivity index (χ1v) is 13.1. The summed E-state index contributed by atoms with van der Waals surface area (Å²) >= 11 is 0. The highest BCUT2D eigenvalue weighted by Gasteiger charge is 2.72. The number of rotatable bonds is 16. The summed E-state index contributed by atoms with van der Waals surface area (Å²) in [6, 6.07) is 9.50. The topological polar surface area (TPSA) is 147 Å². The summed E-state index contributed by atoms with van der Waals surface area (Å²) in [5.74, 6) is -3.37. The highest BCUT2D eigenvalue weighted by molar-refractivity contribution is 7.28. The lowest BCUT2D eigenvalue weighted by Gasteiger charge is -2.52. The van der Waals surface area contributed by atoms with Crippen LogP contribution in [0.25, 0.3) is 0 Å². The Kier molecular flexibility index (Phi) is 12.2. The van der Waals surface area contributed by atoms with Gasteiger partial charge in [-0.15, -0.1) is 0 Å². The van der Waals surface area contributed by atoms with Gasteiger partial charge in [-0.2, -0.15) is 0 Å². The standard InChI is InChI=1S/C26H41N2O7P/c1-19(2)18-35-23(32)25(24(3,4)33,16-9-10-17-27)26(36-34,22(30)31)28(5)21(29)15-11-14-20-12-7-6-8-13-20/h6-8,12-13,19,33H,9-11,14-18,27H2,1-5H3,(H,30,31)/t25?,26-/m0/s1. The second-order valence-electron chi connectivity index (χ2n) is 10.1. The largest absolute Gasteiger partial charge is 0.479 e. The van der Waals surface area contributed by atoms with Gasteiger partial charge in [-0.1, -0.05) is 50.6 Å². The Morgan fingerprint density at radius 3 is 2.19 bits per heavy atom. The van der Waals surface area contributed by atoms with Crippen molar-refractivity contribution in [2.45, 2.75) is 77.1 Å². The molecule has 0 aliphatic rings. The van der Waals surface area contributed by atoms with Crippen LogP contribution >= 0.6 is 8.46 Å². The minimum Gasteiger partial charge on any atom is -0.479 e. The fourth-order valence-electron chi connectivity index (χ4n) is 4.53. The van der Waals surface area contributed by atoms with E-state index in [9.17, 15) is 29.2 Å². The number of carbonyl (C=O) groups is 3. The lowest BCUT2D eigenvalue weighted by atomic mass is 9.64. The number of nitrogens with two attached hydrogens (primary N) is 1. The maximum absolute atomic E-state index is 13.7. The van der Waals surface area contributed by atoms with Gasteiger partial charge in [0.05, 0.1) is 12.2 Å². The molecule has 9 nitrogen and oxygen atoms in total. The van der Waals surface area contributed by atoms with Crippen LogP contribution in [0.5, 0.6) is 0 Å². The molecule has 0 aromatic heterocycles. The number of carbonyl (C=O) groups excluding carboxylic acids is 2. The maximum Gasteiger partial charge on any atom is 0.343 e. The summed E-state index contributed by atoms with van der Waals surface area (Å²) in [5.41, 5.74) is 2.38. The number of aliphatic hydroxyl groups is 1. The third-order valence-corrected chi connectivity index (χ3v) is 7.67. The first-order chi connectivity index (χ1) is 16.8. The van der Waals surface area contributed by atoms with Crippen molar-refractivity contribution in [3.63, 3.8) is 0 Å². The van der Waals surface area contributed by atoms with E-state index in [1.165, 1.54) is 20.9 Å². The second-order valence-corrected chi connectivity index (χ2v) is 10.9. The van der Waals surface area contributed by atoms with Crippen molar-refractivity contribution in [3.05, 3.63) is 35.9 Å². The van der Waals surface area contributed by atoms with Crippen LogP contribution in [0.4, 0.5) is 0 Å². The molecule has 0 saturated heterocycles. The zero-order valence-electron chi connectivity index (χ0n) is 22.0. The molecule has 1 unspecified atom stereocenters.